The molecule has 1 unspecified atom stereocenters. The molecule has 2 fully saturated rings. The molecule has 28 heavy (non-hydrogen) atoms. The van der Waals surface area contributed by atoms with Gasteiger partial charge in [-0.15, -0.1) is 0 Å². The van der Waals surface area contributed by atoms with Gasteiger partial charge in [0.05, 0.1) is 32.0 Å². The maximum Gasteiger partial charge on any atom is 0.184 e. The predicted molar refractivity (Wildman–Crippen MR) is 108 cm³/mol. The zero-order valence-corrected chi connectivity index (χ0v) is 16.4. The standard InChI is InChI=1S/C20H23N3O4S/c1-25-14-9-7-13(8-10-14)20-26-11-17-19(27-20)18(22-23-21)16(24)12-28(17)15-5-3-2-4-6-15/h2-10,16-20,24,28H,11-12H2,1H3/t16-,17+,18+,19-,20-/m0/s1. The van der Waals surface area contributed by atoms with Crippen LogP contribution in [0.3, 0.4) is 0 Å². The van der Waals surface area contributed by atoms with Crippen LogP contribution in [-0.2, 0) is 9.47 Å². The number of nitrogens with zero attached hydrogens (tertiary/aromatic N) is 3. The normalized spacial score (nSPS) is 33.4. The molecule has 6 atom stereocenters. The van der Waals surface area contributed by atoms with Crippen LogP contribution in [0.15, 0.2) is 64.6 Å². The van der Waals surface area contributed by atoms with Gasteiger partial charge >= 0.3 is 0 Å². The van der Waals surface area contributed by atoms with Crippen molar-refractivity contribution in [2.75, 3.05) is 19.5 Å². The van der Waals surface area contributed by atoms with Gasteiger partial charge in [-0.1, -0.05) is 47.6 Å². The molecule has 2 aliphatic heterocycles. The molecule has 0 aliphatic carbocycles. The quantitative estimate of drug-likeness (QED) is 0.354. The molecule has 0 spiro atoms. The second-order valence-corrected chi connectivity index (χ2v) is 9.34. The molecule has 4 rings (SSSR count). The van der Waals surface area contributed by atoms with Crippen molar-refractivity contribution in [3.63, 3.8) is 0 Å². The van der Waals surface area contributed by atoms with E-state index in [2.05, 4.69) is 22.2 Å². The third-order valence-corrected chi connectivity index (χ3v) is 8.23. The molecule has 0 radical (unpaired) electrons. The van der Waals surface area contributed by atoms with Gasteiger partial charge in [-0.2, -0.15) is 0 Å². The first-order valence-electron chi connectivity index (χ1n) is 9.16. The summed E-state index contributed by atoms with van der Waals surface area (Å²) in [6, 6.07) is 17.0. The summed E-state index contributed by atoms with van der Waals surface area (Å²) in [4.78, 5) is 4.15. The smallest absolute Gasteiger partial charge is 0.184 e. The highest BCUT2D eigenvalue weighted by Crippen LogP contribution is 2.51. The fourth-order valence-corrected chi connectivity index (χ4v) is 6.75. The van der Waals surface area contributed by atoms with Gasteiger partial charge in [0, 0.05) is 21.5 Å². The summed E-state index contributed by atoms with van der Waals surface area (Å²) >= 11 is 0. The molecule has 7 nitrogen and oxygen atoms in total. The van der Waals surface area contributed by atoms with E-state index < -0.39 is 35.4 Å². The second kappa shape index (κ2) is 8.43. The average Bonchev–Trinajstić information content (AvgIpc) is 2.76. The molecule has 1 N–H and O–H groups in total. The van der Waals surface area contributed by atoms with Gasteiger partial charge in [0.2, 0.25) is 0 Å². The Labute approximate surface area is 166 Å². The Hall–Kier alpha value is -2.22. The minimum atomic E-state index is -0.738. The van der Waals surface area contributed by atoms with Gasteiger partial charge < -0.3 is 19.3 Å². The van der Waals surface area contributed by atoms with Crippen molar-refractivity contribution in [3.05, 3.63) is 70.6 Å². The molecule has 2 heterocycles. The van der Waals surface area contributed by atoms with Crippen molar-refractivity contribution in [2.45, 2.75) is 34.7 Å². The van der Waals surface area contributed by atoms with Crippen LogP contribution in [0.2, 0.25) is 0 Å². The first-order valence-corrected chi connectivity index (χ1v) is 10.8. The van der Waals surface area contributed by atoms with E-state index in [1.807, 2.05) is 42.5 Å². The highest BCUT2D eigenvalue weighted by atomic mass is 32.2. The summed E-state index contributed by atoms with van der Waals surface area (Å²) in [6.07, 6.45) is -1.70. The molecular weight excluding hydrogens is 378 g/mol. The molecule has 2 aliphatic rings. The second-order valence-electron chi connectivity index (χ2n) is 6.86. The van der Waals surface area contributed by atoms with Crippen molar-refractivity contribution < 1.29 is 19.3 Å². The maximum atomic E-state index is 10.7. The number of aliphatic hydroxyl groups excluding tert-OH is 1. The Kier molecular flexibility index (Phi) is 5.75. The van der Waals surface area contributed by atoms with E-state index in [-0.39, 0.29) is 5.25 Å². The Bertz CT molecular complexity index is 844. The third kappa shape index (κ3) is 3.70. The van der Waals surface area contributed by atoms with Gasteiger partial charge in [-0.05, 0) is 22.6 Å². The third-order valence-electron chi connectivity index (χ3n) is 5.25. The van der Waals surface area contributed by atoms with Crippen molar-refractivity contribution >= 4 is 10.9 Å². The molecule has 0 saturated carbocycles. The van der Waals surface area contributed by atoms with Crippen LogP contribution in [0.1, 0.15) is 11.9 Å². The minimum Gasteiger partial charge on any atom is -0.497 e. The number of methoxy groups -OCH3 is 1. The lowest BCUT2D eigenvalue weighted by Crippen LogP contribution is -2.55. The monoisotopic (exact) mass is 401 g/mol. The van der Waals surface area contributed by atoms with E-state index >= 15 is 0 Å². The van der Waals surface area contributed by atoms with Gasteiger partial charge in [0.1, 0.15) is 5.75 Å². The highest BCUT2D eigenvalue weighted by Gasteiger charge is 2.47. The SMILES string of the molecule is COc1ccc([C@H]2OC[C@@H]3[C@H](O2)[C@H](N=[N+]=[N-])[C@@H](O)C[SH]3c2ccccc2)cc1. The van der Waals surface area contributed by atoms with Gasteiger partial charge in [0.15, 0.2) is 6.29 Å². The van der Waals surface area contributed by atoms with Crippen LogP contribution >= 0.6 is 10.9 Å². The number of fused-ring (bicyclic) bond motifs is 1. The summed E-state index contributed by atoms with van der Waals surface area (Å²) in [6.45, 7) is 0.492. The lowest BCUT2D eigenvalue weighted by molar-refractivity contribution is -0.224. The summed E-state index contributed by atoms with van der Waals surface area (Å²) in [5.41, 5.74) is 9.87. The molecule has 148 valence electrons. The largest absolute Gasteiger partial charge is 0.497 e. The summed E-state index contributed by atoms with van der Waals surface area (Å²) in [5, 5.41) is 14.6. The van der Waals surface area contributed by atoms with Gasteiger partial charge in [-0.25, -0.2) is 10.9 Å². The Morgan fingerprint density at radius 2 is 1.93 bits per heavy atom. The molecule has 8 heteroatoms. The number of aliphatic hydroxyl groups is 1. The van der Waals surface area contributed by atoms with Crippen LogP contribution in [0.4, 0.5) is 0 Å². The van der Waals surface area contributed by atoms with E-state index in [4.69, 9.17) is 19.7 Å². The fourth-order valence-electron chi connectivity index (χ4n) is 3.85. The number of thiol groups is 1. The molecular formula is C20H23N3O4S. The van der Waals surface area contributed by atoms with Crippen LogP contribution in [0, 0.1) is 0 Å². The number of hydrogen-bond donors (Lipinski definition) is 2. The zero-order chi connectivity index (χ0) is 19.5. The molecule has 0 bridgehead atoms. The van der Waals surface area contributed by atoms with E-state index in [0.29, 0.717) is 12.4 Å². The maximum absolute atomic E-state index is 10.7. The van der Waals surface area contributed by atoms with Crippen molar-refractivity contribution in [1.82, 2.24) is 0 Å². The molecule has 0 amide bonds. The zero-order valence-electron chi connectivity index (χ0n) is 15.5. The number of benzene rings is 2. The minimum absolute atomic E-state index is 0.0609. The van der Waals surface area contributed by atoms with Crippen LogP contribution in [0.25, 0.3) is 10.4 Å². The molecule has 2 saturated heterocycles. The lowest BCUT2D eigenvalue weighted by atomic mass is 10.0. The molecule has 0 aromatic heterocycles. The van der Waals surface area contributed by atoms with Crippen molar-refractivity contribution in [3.8, 4) is 5.75 Å². The van der Waals surface area contributed by atoms with Crippen LogP contribution in [-0.4, -0.2) is 48.1 Å². The predicted octanol–water partition coefficient (Wildman–Crippen LogP) is 3.59. The number of azide groups is 1. The summed E-state index contributed by atoms with van der Waals surface area (Å²) in [5.74, 6) is 1.33. The lowest BCUT2D eigenvalue weighted by Gasteiger charge is -2.49. The Balaban J connectivity index is 1.62. The molecule has 2 aromatic rings. The number of ether oxygens (including phenoxy) is 3. The van der Waals surface area contributed by atoms with E-state index in [0.717, 1.165) is 11.3 Å². The summed E-state index contributed by atoms with van der Waals surface area (Å²) in [7, 11) is 0.918. The molecule has 2 aromatic carbocycles. The van der Waals surface area contributed by atoms with Crippen LogP contribution in [0.5, 0.6) is 5.75 Å². The summed E-state index contributed by atoms with van der Waals surface area (Å²) < 4.78 is 17.5. The van der Waals surface area contributed by atoms with Crippen LogP contribution < -0.4 is 4.74 Å². The average molecular weight is 401 g/mol. The number of rotatable bonds is 4. The fraction of sp³-hybridized carbons (Fsp3) is 0.400. The van der Waals surface area contributed by atoms with E-state index in [9.17, 15) is 5.11 Å². The number of hydrogen-bond acceptors (Lipinski definition) is 5. The first-order chi connectivity index (χ1) is 13.7. The van der Waals surface area contributed by atoms with Crippen molar-refractivity contribution in [2.24, 2.45) is 5.11 Å². The van der Waals surface area contributed by atoms with E-state index in [1.54, 1.807) is 7.11 Å². The first kappa shape index (κ1) is 19.1. The van der Waals surface area contributed by atoms with Gasteiger partial charge in [-0.3, -0.25) is 0 Å². The van der Waals surface area contributed by atoms with Gasteiger partial charge in [0.25, 0.3) is 0 Å². The van der Waals surface area contributed by atoms with E-state index in [1.165, 1.54) is 4.90 Å². The Morgan fingerprint density at radius 3 is 2.61 bits per heavy atom. The topological polar surface area (TPSA) is 96.7 Å². The Morgan fingerprint density at radius 1 is 1.18 bits per heavy atom. The van der Waals surface area contributed by atoms with Crippen molar-refractivity contribution in [1.29, 1.82) is 0 Å². The highest BCUT2D eigenvalue weighted by molar-refractivity contribution is 8.17.